The number of urea groups is 1. The molecule has 1 aliphatic heterocycles. The molecule has 1 fully saturated rings. The monoisotopic (exact) mass is 364 g/mol. The van der Waals surface area contributed by atoms with E-state index in [1.165, 1.54) is 6.07 Å². The van der Waals surface area contributed by atoms with Gasteiger partial charge in [0.15, 0.2) is 0 Å². The van der Waals surface area contributed by atoms with Gasteiger partial charge in [-0.3, -0.25) is 4.98 Å². The molecule has 1 saturated heterocycles. The Labute approximate surface area is 157 Å². The van der Waals surface area contributed by atoms with Gasteiger partial charge in [0.1, 0.15) is 5.82 Å². The third kappa shape index (κ3) is 3.69. The predicted molar refractivity (Wildman–Crippen MR) is 104 cm³/mol. The quantitative estimate of drug-likeness (QED) is 0.775. The second-order valence-corrected chi connectivity index (χ2v) is 6.58. The van der Waals surface area contributed by atoms with Crippen LogP contribution in [0.2, 0.25) is 0 Å². The van der Waals surface area contributed by atoms with Crippen molar-refractivity contribution >= 4 is 22.6 Å². The molecule has 1 N–H and O–H groups in total. The number of nitrogens with one attached hydrogen (secondary N) is 1. The molecule has 1 aromatic heterocycles. The maximum atomic E-state index is 13.9. The van der Waals surface area contributed by atoms with E-state index < -0.39 is 0 Å². The van der Waals surface area contributed by atoms with Crippen LogP contribution in [0.3, 0.4) is 0 Å². The Bertz CT molecular complexity index is 948. The zero-order chi connectivity index (χ0) is 18.6. The van der Waals surface area contributed by atoms with Gasteiger partial charge in [0, 0.05) is 44.3 Å². The number of piperazine rings is 1. The number of hydrogen-bond acceptors (Lipinski definition) is 3. The number of benzene rings is 2. The maximum Gasteiger partial charge on any atom is 0.317 e. The van der Waals surface area contributed by atoms with Crippen LogP contribution >= 0.6 is 0 Å². The lowest BCUT2D eigenvalue weighted by atomic mass is 10.1. The number of pyridine rings is 1. The van der Waals surface area contributed by atoms with Gasteiger partial charge in [0.2, 0.25) is 0 Å². The Morgan fingerprint density at radius 3 is 2.59 bits per heavy atom. The van der Waals surface area contributed by atoms with E-state index in [2.05, 4.69) is 10.3 Å². The smallest absolute Gasteiger partial charge is 0.317 e. The molecule has 0 saturated carbocycles. The van der Waals surface area contributed by atoms with Crippen molar-refractivity contribution in [1.82, 2.24) is 15.2 Å². The summed E-state index contributed by atoms with van der Waals surface area (Å²) in [4.78, 5) is 20.7. The van der Waals surface area contributed by atoms with E-state index in [0.29, 0.717) is 38.4 Å². The number of rotatable bonds is 3. The minimum atomic E-state index is -0.223. The molecule has 6 heteroatoms. The van der Waals surface area contributed by atoms with Crippen molar-refractivity contribution in [3.05, 3.63) is 72.2 Å². The minimum absolute atomic E-state index is 0.101. The highest BCUT2D eigenvalue weighted by molar-refractivity contribution is 5.82. The van der Waals surface area contributed by atoms with E-state index in [4.69, 9.17) is 0 Å². The van der Waals surface area contributed by atoms with Gasteiger partial charge in [-0.05, 0) is 23.8 Å². The highest BCUT2D eigenvalue weighted by Gasteiger charge is 2.22. The molecule has 0 spiro atoms. The van der Waals surface area contributed by atoms with Gasteiger partial charge >= 0.3 is 6.03 Å². The first-order valence-corrected chi connectivity index (χ1v) is 9.07. The van der Waals surface area contributed by atoms with Gasteiger partial charge in [0.05, 0.1) is 11.2 Å². The first-order valence-electron chi connectivity index (χ1n) is 9.07. The molecule has 2 aromatic carbocycles. The molecule has 138 valence electrons. The lowest BCUT2D eigenvalue weighted by Crippen LogP contribution is -2.51. The summed E-state index contributed by atoms with van der Waals surface area (Å²) < 4.78 is 13.9. The number of para-hydroxylation sites is 2. The van der Waals surface area contributed by atoms with E-state index in [0.717, 1.165) is 16.5 Å². The van der Waals surface area contributed by atoms with Gasteiger partial charge in [-0.1, -0.05) is 36.4 Å². The summed E-state index contributed by atoms with van der Waals surface area (Å²) >= 11 is 0. The fourth-order valence-electron chi connectivity index (χ4n) is 3.45. The van der Waals surface area contributed by atoms with Crippen LogP contribution in [-0.4, -0.2) is 42.1 Å². The summed E-state index contributed by atoms with van der Waals surface area (Å²) in [6, 6.07) is 16.5. The molecular formula is C21H21FN4O. The van der Waals surface area contributed by atoms with Crippen LogP contribution in [0, 0.1) is 5.82 Å². The molecule has 2 amide bonds. The van der Waals surface area contributed by atoms with Crippen molar-refractivity contribution in [3.8, 4) is 0 Å². The number of aromatic nitrogens is 1. The number of amides is 2. The topological polar surface area (TPSA) is 48.5 Å². The van der Waals surface area contributed by atoms with Crippen molar-refractivity contribution in [2.24, 2.45) is 0 Å². The van der Waals surface area contributed by atoms with E-state index in [9.17, 15) is 9.18 Å². The lowest BCUT2D eigenvalue weighted by molar-refractivity contribution is 0.194. The summed E-state index contributed by atoms with van der Waals surface area (Å²) in [6.45, 7) is 2.79. The molecule has 4 rings (SSSR count). The van der Waals surface area contributed by atoms with Crippen LogP contribution in [0.4, 0.5) is 14.9 Å². The molecule has 3 aromatic rings. The predicted octanol–water partition coefficient (Wildman–Crippen LogP) is 3.41. The van der Waals surface area contributed by atoms with Gasteiger partial charge in [-0.25, -0.2) is 9.18 Å². The molecule has 5 nitrogen and oxygen atoms in total. The Kier molecular flexibility index (Phi) is 4.87. The Balaban J connectivity index is 1.35. The van der Waals surface area contributed by atoms with Crippen LogP contribution in [0.1, 0.15) is 5.56 Å². The van der Waals surface area contributed by atoms with E-state index in [1.807, 2.05) is 41.3 Å². The Morgan fingerprint density at radius 1 is 1.00 bits per heavy atom. The van der Waals surface area contributed by atoms with Crippen LogP contribution in [0.15, 0.2) is 60.8 Å². The van der Waals surface area contributed by atoms with Crippen LogP contribution in [-0.2, 0) is 6.54 Å². The summed E-state index contributed by atoms with van der Waals surface area (Å²) in [5.41, 5.74) is 2.50. The summed E-state index contributed by atoms with van der Waals surface area (Å²) in [5, 5.41) is 4.04. The molecular weight excluding hydrogens is 343 g/mol. The van der Waals surface area contributed by atoms with Gasteiger partial charge in [-0.15, -0.1) is 0 Å². The second kappa shape index (κ2) is 7.61. The lowest BCUT2D eigenvalue weighted by Gasteiger charge is -2.36. The highest BCUT2D eigenvalue weighted by atomic mass is 19.1. The molecule has 0 unspecified atom stereocenters. The number of halogens is 1. The standard InChI is InChI=1S/C21H21FN4O/c22-18-8-1-2-9-19(18)25-11-13-26(14-12-25)21(27)24-15-17-6-3-5-16-7-4-10-23-20(16)17/h1-10H,11-15H2,(H,24,27). The van der Waals surface area contributed by atoms with Crippen LogP contribution < -0.4 is 10.2 Å². The SMILES string of the molecule is O=C(NCc1cccc2cccnc12)N1CCN(c2ccccc2F)CC1. The average molecular weight is 364 g/mol. The minimum Gasteiger partial charge on any atom is -0.366 e. The summed E-state index contributed by atoms with van der Waals surface area (Å²) in [5.74, 6) is -0.223. The van der Waals surface area contributed by atoms with E-state index in [-0.39, 0.29) is 11.8 Å². The molecule has 27 heavy (non-hydrogen) atoms. The second-order valence-electron chi connectivity index (χ2n) is 6.58. The highest BCUT2D eigenvalue weighted by Crippen LogP contribution is 2.20. The zero-order valence-corrected chi connectivity index (χ0v) is 14.9. The molecule has 0 aliphatic carbocycles. The van der Waals surface area contributed by atoms with Crippen molar-refractivity contribution in [2.75, 3.05) is 31.1 Å². The summed E-state index contributed by atoms with van der Waals surface area (Å²) in [6.07, 6.45) is 1.76. The first kappa shape index (κ1) is 17.3. The third-order valence-corrected chi connectivity index (χ3v) is 4.91. The summed E-state index contributed by atoms with van der Waals surface area (Å²) in [7, 11) is 0. The normalized spacial score (nSPS) is 14.4. The van der Waals surface area contributed by atoms with Gasteiger partial charge < -0.3 is 15.1 Å². The zero-order valence-electron chi connectivity index (χ0n) is 14.9. The molecule has 1 aliphatic rings. The van der Waals surface area contributed by atoms with Crippen molar-refractivity contribution in [1.29, 1.82) is 0 Å². The molecule has 2 heterocycles. The fraction of sp³-hybridized carbons (Fsp3) is 0.238. The first-order chi connectivity index (χ1) is 13.2. The third-order valence-electron chi connectivity index (χ3n) is 4.91. The number of anilines is 1. The van der Waals surface area contributed by atoms with Crippen molar-refractivity contribution in [3.63, 3.8) is 0 Å². The van der Waals surface area contributed by atoms with E-state index >= 15 is 0 Å². The molecule has 0 bridgehead atoms. The van der Waals surface area contributed by atoms with Crippen LogP contribution in [0.25, 0.3) is 10.9 Å². The average Bonchev–Trinajstić information content (AvgIpc) is 2.72. The Morgan fingerprint density at radius 2 is 1.78 bits per heavy atom. The number of nitrogens with zero attached hydrogens (tertiary/aromatic N) is 3. The van der Waals surface area contributed by atoms with Crippen molar-refractivity contribution in [2.45, 2.75) is 6.54 Å². The Hall–Kier alpha value is -3.15. The number of hydrogen-bond donors (Lipinski definition) is 1. The molecule has 0 atom stereocenters. The maximum absolute atomic E-state index is 13.9. The number of carbonyl (C=O) groups excluding carboxylic acids is 1. The van der Waals surface area contributed by atoms with Gasteiger partial charge in [-0.2, -0.15) is 0 Å². The van der Waals surface area contributed by atoms with E-state index in [1.54, 1.807) is 23.2 Å². The number of carbonyl (C=O) groups is 1. The number of fused-ring (bicyclic) bond motifs is 1. The largest absolute Gasteiger partial charge is 0.366 e. The fourth-order valence-corrected chi connectivity index (χ4v) is 3.45. The molecule has 0 radical (unpaired) electrons. The van der Waals surface area contributed by atoms with Gasteiger partial charge in [0.25, 0.3) is 0 Å². The van der Waals surface area contributed by atoms with Crippen LogP contribution in [0.5, 0.6) is 0 Å². The van der Waals surface area contributed by atoms with Crippen molar-refractivity contribution < 1.29 is 9.18 Å².